The molecule has 1 heterocycles. The molecule has 0 aromatic heterocycles. The van der Waals surface area contributed by atoms with Gasteiger partial charge in [-0.1, -0.05) is 38.7 Å². The highest BCUT2D eigenvalue weighted by molar-refractivity contribution is 5.78. The predicted octanol–water partition coefficient (Wildman–Crippen LogP) is 2.55. The number of carbonyl (C=O) groups is 2. The van der Waals surface area contributed by atoms with Crippen molar-refractivity contribution < 1.29 is 19.1 Å². The van der Waals surface area contributed by atoms with E-state index in [-0.39, 0.29) is 36.3 Å². The molecule has 1 aromatic rings. The number of hydrogen-bond acceptors (Lipinski definition) is 5. The summed E-state index contributed by atoms with van der Waals surface area (Å²) in [5.41, 5.74) is 3.23. The lowest BCUT2D eigenvalue weighted by atomic mass is 9.92. The van der Waals surface area contributed by atoms with Gasteiger partial charge in [0.1, 0.15) is 0 Å². The first-order valence-corrected chi connectivity index (χ1v) is 9.05. The molecule has 5 nitrogen and oxygen atoms in total. The Morgan fingerprint density at radius 1 is 1.15 bits per heavy atom. The Morgan fingerprint density at radius 3 is 2.37 bits per heavy atom. The molecule has 27 heavy (non-hydrogen) atoms. The molecule has 1 aliphatic heterocycles. The van der Waals surface area contributed by atoms with Crippen LogP contribution in [0.3, 0.4) is 0 Å². The Bertz CT molecular complexity index is 998. The summed E-state index contributed by atoms with van der Waals surface area (Å²) in [6.07, 6.45) is 9.17. The molecule has 140 valence electrons. The lowest BCUT2D eigenvalue weighted by Gasteiger charge is -2.29. The van der Waals surface area contributed by atoms with Crippen LogP contribution < -0.4 is 19.9 Å². The molecule has 0 saturated heterocycles. The number of benzene rings is 1. The zero-order valence-corrected chi connectivity index (χ0v) is 15.9. The van der Waals surface area contributed by atoms with Gasteiger partial charge in [0.05, 0.1) is 5.70 Å². The van der Waals surface area contributed by atoms with Crippen LogP contribution in [0, 0.1) is 0 Å². The molecular weight excluding hydrogens is 342 g/mol. The number of hydrogen-bond donors (Lipinski definition) is 0. The Balaban J connectivity index is 2.26. The second-order valence-electron chi connectivity index (χ2n) is 6.37. The minimum Gasteiger partial charge on any atom is -0.422 e. The average Bonchev–Trinajstić information content (AvgIpc) is 2.68. The standard InChI is InChI=1S/C22H23NO4/c1-5-14-9-8-10-16-17-12-19(27-21(25)7-3)18(26-20(24)6-2)11-15(17)13-23(4)22(14)16/h5,8-9,11-13H,1,6-7,10H2,2-4H3. The van der Waals surface area contributed by atoms with Gasteiger partial charge in [0.15, 0.2) is 11.5 Å². The minimum absolute atomic E-state index is 0.234. The van der Waals surface area contributed by atoms with Gasteiger partial charge in [-0.05, 0) is 34.9 Å². The number of carbonyl (C=O) groups excluding carboxylic acids is 2. The van der Waals surface area contributed by atoms with Crippen molar-refractivity contribution in [2.75, 3.05) is 7.05 Å². The molecule has 0 fully saturated rings. The van der Waals surface area contributed by atoms with Gasteiger partial charge in [0, 0.05) is 31.3 Å². The highest BCUT2D eigenvalue weighted by Gasteiger charge is 2.22. The van der Waals surface area contributed by atoms with Crippen molar-refractivity contribution in [1.82, 2.24) is 4.90 Å². The van der Waals surface area contributed by atoms with Crippen LogP contribution in [-0.2, 0) is 9.59 Å². The first-order valence-electron chi connectivity index (χ1n) is 9.05. The summed E-state index contributed by atoms with van der Waals surface area (Å²) >= 11 is 0. The summed E-state index contributed by atoms with van der Waals surface area (Å²) in [5.74, 6) is -0.232. The smallest absolute Gasteiger partial charge is 0.311 e. The van der Waals surface area contributed by atoms with Crippen LogP contribution in [0.2, 0.25) is 0 Å². The molecule has 1 aromatic carbocycles. The van der Waals surface area contributed by atoms with Crippen molar-refractivity contribution in [1.29, 1.82) is 0 Å². The number of esters is 2. The zero-order chi connectivity index (χ0) is 19.6. The number of rotatable bonds is 5. The van der Waals surface area contributed by atoms with E-state index in [4.69, 9.17) is 9.47 Å². The first-order chi connectivity index (χ1) is 13.0. The Morgan fingerprint density at radius 2 is 1.78 bits per heavy atom. The van der Waals surface area contributed by atoms with Gasteiger partial charge in [-0.25, -0.2) is 0 Å². The van der Waals surface area contributed by atoms with Gasteiger partial charge in [-0.15, -0.1) is 0 Å². The lowest BCUT2D eigenvalue weighted by Crippen LogP contribution is -2.37. The van der Waals surface area contributed by atoms with Crippen LogP contribution >= 0.6 is 0 Å². The van der Waals surface area contributed by atoms with Crippen molar-refractivity contribution in [3.8, 4) is 11.5 Å². The van der Waals surface area contributed by atoms with Gasteiger partial charge in [0.2, 0.25) is 0 Å². The van der Waals surface area contributed by atoms with Gasteiger partial charge in [-0.2, -0.15) is 0 Å². The average molecular weight is 365 g/mol. The van der Waals surface area contributed by atoms with Crippen LogP contribution in [-0.4, -0.2) is 23.9 Å². The van der Waals surface area contributed by atoms with Gasteiger partial charge < -0.3 is 14.4 Å². The van der Waals surface area contributed by atoms with Gasteiger partial charge >= 0.3 is 11.9 Å². The van der Waals surface area contributed by atoms with E-state index in [1.807, 2.05) is 24.2 Å². The first kappa shape index (κ1) is 18.7. The van der Waals surface area contributed by atoms with E-state index >= 15 is 0 Å². The molecule has 0 unspecified atom stereocenters. The fraction of sp³-hybridized carbons (Fsp3) is 0.273. The van der Waals surface area contributed by atoms with Crippen LogP contribution in [0.4, 0.5) is 0 Å². The topological polar surface area (TPSA) is 55.8 Å². The molecule has 0 N–H and O–H groups in total. The van der Waals surface area contributed by atoms with Crippen molar-refractivity contribution in [3.05, 3.63) is 58.6 Å². The van der Waals surface area contributed by atoms with Gasteiger partial charge in [-0.3, -0.25) is 9.59 Å². The summed E-state index contributed by atoms with van der Waals surface area (Å²) in [6, 6.07) is 3.55. The maximum atomic E-state index is 11.9. The third-order valence-corrected chi connectivity index (χ3v) is 4.55. The minimum atomic E-state index is -0.379. The van der Waals surface area contributed by atoms with Gasteiger partial charge in [0.25, 0.3) is 0 Å². The Kier molecular flexibility index (Phi) is 5.31. The molecule has 0 bridgehead atoms. The number of fused-ring (bicyclic) bond motifs is 2. The maximum Gasteiger partial charge on any atom is 0.311 e. The SMILES string of the molecule is C=CC1=C2C(=c3cc(OC(=O)CC)c(OC(=O)CC)cc3=CN2C)CC=C1. The third kappa shape index (κ3) is 3.58. The van der Waals surface area contributed by atoms with Crippen molar-refractivity contribution in [2.45, 2.75) is 33.1 Å². The summed E-state index contributed by atoms with van der Waals surface area (Å²) in [5, 5.41) is 1.87. The Labute approximate surface area is 158 Å². The summed E-state index contributed by atoms with van der Waals surface area (Å²) < 4.78 is 10.9. The monoisotopic (exact) mass is 365 g/mol. The van der Waals surface area contributed by atoms with Crippen LogP contribution in [0.25, 0.3) is 11.8 Å². The maximum absolute atomic E-state index is 11.9. The second-order valence-corrected chi connectivity index (χ2v) is 6.37. The molecule has 3 rings (SSSR count). The number of ether oxygens (including phenoxy) is 2. The van der Waals surface area contributed by atoms with E-state index < -0.39 is 0 Å². The number of allylic oxidation sites excluding steroid dienone is 5. The van der Waals surface area contributed by atoms with Crippen LogP contribution in [0.15, 0.2) is 48.2 Å². The predicted molar refractivity (Wildman–Crippen MR) is 104 cm³/mol. The fourth-order valence-corrected chi connectivity index (χ4v) is 3.24. The highest BCUT2D eigenvalue weighted by Crippen LogP contribution is 2.31. The van der Waals surface area contributed by atoms with Crippen molar-refractivity contribution in [3.63, 3.8) is 0 Å². The summed E-state index contributed by atoms with van der Waals surface area (Å²) in [6.45, 7) is 7.34. The van der Waals surface area contributed by atoms with E-state index in [2.05, 4.69) is 18.7 Å². The lowest BCUT2D eigenvalue weighted by molar-refractivity contribution is -0.136. The van der Waals surface area contributed by atoms with Crippen LogP contribution in [0.1, 0.15) is 33.1 Å². The highest BCUT2D eigenvalue weighted by atomic mass is 16.6. The molecule has 0 saturated carbocycles. The molecule has 1 aliphatic carbocycles. The second kappa shape index (κ2) is 7.66. The normalized spacial score (nSPS) is 14.9. The van der Waals surface area contributed by atoms with E-state index in [0.29, 0.717) is 0 Å². The molecule has 5 heteroatoms. The van der Waals surface area contributed by atoms with E-state index in [1.54, 1.807) is 26.0 Å². The van der Waals surface area contributed by atoms with E-state index in [9.17, 15) is 9.59 Å². The van der Waals surface area contributed by atoms with Crippen molar-refractivity contribution in [2.24, 2.45) is 0 Å². The zero-order valence-electron chi connectivity index (χ0n) is 15.9. The van der Waals surface area contributed by atoms with Crippen LogP contribution in [0.5, 0.6) is 11.5 Å². The van der Waals surface area contributed by atoms with Crippen molar-refractivity contribution >= 4 is 23.7 Å². The summed E-state index contributed by atoms with van der Waals surface area (Å²) in [7, 11) is 1.98. The molecule has 0 amide bonds. The molecule has 2 aliphatic rings. The largest absolute Gasteiger partial charge is 0.422 e. The fourth-order valence-electron chi connectivity index (χ4n) is 3.24. The third-order valence-electron chi connectivity index (χ3n) is 4.55. The van der Waals surface area contributed by atoms with E-state index in [0.717, 1.165) is 33.7 Å². The van der Waals surface area contributed by atoms with E-state index in [1.165, 1.54) is 0 Å². The summed E-state index contributed by atoms with van der Waals surface area (Å²) in [4.78, 5) is 25.7. The quantitative estimate of drug-likeness (QED) is 0.593. The number of nitrogens with zero attached hydrogens (tertiary/aromatic N) is 1. The molecule has 0 spiro atoms. The molecule has 0 radical (unpaired) electrons. The molecular formula is C22H23NO4. The Hall–Kier alpha value is -3.08. The molecule has 0 atom stereocenters.